The molecule has 1 aromatic heterocycles. The summed E-state index contributed by atoms with van der Waals surface area (Å²) in [5, 5.41) is 0. The molecule has 1 saturated heterocycles. The Labute approximate surface area is 144 Å². The van der Waals surface area contributed by atoms with Gasteiger partial charge in [0.05, 0.1) is 12.2 Å². The molecule has 0 aromatic carbocycles. The summed E-state index contributed by atoms with van der Waals surface area (Å²) in [6.45, 7) is 2.57. The van der Waals surface area contributed by atoms with E-state index < -0.39 is 0 Å². The number of carbonyl (C=O) groups is 1. The molecular formula is C18H29N5O. The van der Waals surface area contributed by atoms with Gasteiger partial charge in [0.1, 0.15) is 12.1 Å². The molecule has 0 spiro atoms. The molecule has 132 valence electrons. The SMILES string of the molecule is CN(C)c1ncnc2c1CCN(C(=O)CCC1CCCCN1C)C2. The quantitative estimate of drug-likeness (QED) is 0.840. The normalized spacial score (nSPS) is 21.5. The van der Waals surface area contributed by atoms with Crippen LogP contribution in [0.2, 0.25) is 0 Å². The molecule has 24 heavy (non-hydrogen) atoms. The van der Waals surface area contributed by atoms with Gasteiger partial charge in [-0.2, -0.15) is 0 Å². The van der Waals surface area contributed by atoms with E-state index in [0.29, 0.717) is 19.0 Å². The van der Waals surface area contributed by atoms with Crippen molar-refractivity contribution in [1.82, 2.24) is 19.8 Å². The van der Waals surface area contributed by atoms with Gasteiger partial charge < -0.3 is 14.7 Å². The van der Waals surface area contributed by atoms with Crippen molar-refractivity contribution in [2.45, 2.75) is 51.1 Å². The molecule has 3 rings (SSSR count). The number of rotatable bonds is 4. The third-order valence-corrected chi connectivity index (χ3v) is 5.37. The van der Waals surface area contributed by atoms with Crippen LogP contribution in [0.4, 0.5) is 5.82 Å². The van der Waals surface area contributed by atoms with Crippen LogP contribution < -0.4 is 4.90 Å². The van der Waals surface area contributed by atoms with Crippen LogP contribution in [0.1, 0.15) is 43.4 Å². The zero-order valence-corrected chi connectivity index (χ0v) is 15.2. The Morgan fingerprint density at radius 1 is 1.29 bits per heavy atom. The second-order valence-corrected chi connectivity index (χ2v) is 7.25. The van der Waals surface area contributed by atoms with Crippen LogP contribution >= 0.6 is 0 Å². The van der Waals surface area contributed by atoms with Crippen molar-refractivity contribution in [2.75, 3.05) is 39.1 Å². The van der Waals surface area contributed by atoms with Crippen LogP contribution in [0.25, 0.3) is 0 Å². The van der Waals surface area contributed by atoms with Crippen molar-refractivity contribution in [3.8, 4) is 0 Å². The summed E-state index contributed by atoms with van der Waals surface area (Å²) in [6.07, 6.45) is 7.90. The van der Waals surface area contributed by atoms with Gasteiger partial charge in [0, 0.05) is 38.7 Å². The van der Waals surface area contributed by atoms with Crippen LogP contribution in [-0.2, 0) is 17.8 Å². The summed E-state index contributed by atoms with van der Waals surface area (Å²) >= 11 is 0. The first-order valence-corrected chi connectivity index (χ1v) is 9.04. The van der Waals surface area contributed by atoms with Gasteiger partial charge >= 0.3 is 0 Å². The molecule has 1 fully saturated rings. The Morgan fingerprint density at radius 2 is 2.12 bits per heavy atom. The van der Waals surface area contributed by atoms with Crippen LogP contribution in [0.15, 0.2) is 6.33 Å². The fourth-order valence-corrected chi connectivity index (χ4v) is 3.89. The fraction of sp³-hybridized carbons (Fsp3) is 0.722. The lowest BCUT2D eigenvalue weighted by atomic mass is 9.98. The summed E-state index contributed by atoms with van der Waals surface area (Å²) in [4.78, 5) is 27.8. The minimum Gasteiger partial charge on any atom is -0.362 e. The highest BCUT2D eigenvalue weighted by Gasteiger charge is 2.26. The lowest BCUT2D eigenvalue weighted by Crippen LogP contribution is -2.40. The Bertz CT molecular complexity index is 589. The smallest absolute Gasteiger partial charge is 0.222 e. The van der Waals surface area contributed by atoms with Crippen molar-refractivity contribution in [1.29, 1.82) is 0 Å². The molecule has 0 N–H and O–H groups in total. The summed E-state index contributed by atoms with van der Waals surface area (Å²) in [5.74, 6) is 1.25. The largest absolute Gasteiger partial charge is 0.362 e. The number of aromatic nitrogens is 2. The predicted octanol–water partition coefficient (Wildman–Crippen LogP) is 1.69. The predicted molar refractivity (Wildman–Crippen MR) is 95.0 cm³/mol. The Hall–Kier alpha value is -1.69. The Balaban J connectivity index is 1.59. The number of carbonyl (C=O) groups excluding carboxylic acids is 1. The first-order valence-electron chi connectivity index (χ1n) is 9.04. The molecule has 0 saturated carbocycles. The first kappa shape index (κ1) is 17.1. The average molecular weight is 331 g/mol. The van der Waals surface area contributed by atoms with E-state index in [-0.39, 0.29) is 5.91 Å². The molecular weight excluding hydrogens is 302 g/mol. The lowest BCUT2D eigenvalue weighted by Gasteiger charge is -2.34. The van der Waals surface area contributed by atoms with Crippen LogP contribution in [0.3, 0.4) is 0 Å². The monoisotopic (exact) mass is 331 g/mol. The third kappa shape index (κ3) is 3.69. The Kier molecular flexibility index (Phi) is 5.33. The van der Waals surface area contributed by atoms with Gasteiger partial charge in [0.15, 0.2) is 0 Å². The third-order valence-electron chi connectivity index (χ3n) is 5.37. The molecule has 1 aromatic rings. The maximum absolute atomic E-state index is 12.6. The minimum atomic E-state index is 0.268. The zero-order chi connectivity index (χ0) is 17.1. The number of anilines is 1. The van der Waals surface area contributed by atoms with Gasteiger partial charge in [0.25, 0.3) is 0 Å². The van der Waals surface area contributed by atoms with E-state index in [9.17, 15) is 4.79 Å². The molecule has 6 heteroatoms. The second-order valence-electron chi connectivity index (χ2n) is 7.25. The van der Waals surface area contributed by atoms with E-state index in [4.69, 9.17) is 0 Å². The summed E-state index contributed by atoms with van der Waals surface area (Å²) < 4.78 is 0. The molecule has 0 aliphatic carbocycles. The van der Waals surface area contributed by atoms with Gasteiger partial charge in [-0.3, -0.25) is 4.79 Å². The van der Waals surface area contributed by atoms with Crippen molar-refractivity contribution < 1.29 is 4.79 Å². The standard InChI is InChI=1S/C18H29N5O/c1-21(2)18-15-9-11-23(12-16(15)19-13-20-18)17(24)8-7-14-6-4-5-10-22(14)3/h13-14H,4-12H2,1-3H3. The van der Waals surface area contributed by atoms with E-state index in [1.165, 1.54) is 31.4 Å². The maximum atomic E-state index is 12.6. The highest BCUT2D eigenvalue weighted by atomic mass is 16.2. The fourth-order valence-electron chi connectivity index (χ4n) is 3.89. The summed E-state index contributed by atoms with van der Waals surface area (Å²) in [7, 11) is 6.19. The highest BCUT2D eigenvalue weighted by Crippen LogP contribution is 2.25. The highest BCUT2D eigenvalue weighted by molar-refractivity contribution is 5.76. The van der Waals surface area contributed by atoms with E-state index in [2.05, 4.69) is 21.9 Å². The van der Waals surface area contributed by atoms with Crippen molar-refractivity contribution in [3.05, 3.63) is 17.6 Å². The first-order chi connectivity index (χ1) is 11.6. The van der Waals surface area contributed by atoms with Crippen molar-refractivity contribution in [2.24, 2.45) is 0 Å². The minimum absolute atomic E-state index is 0.268. The van der Waals surface area contributed by atoms with Crippen LogP contribution in [0.5, 0.6) is 0 Å². The van der Waals surface area contributed by atoms with Crippen LogP contribution in [-0.4, -0.2) is 65.9 Å². The van der Waals surface area contributed by atoms with E-state index in [1.54, 1.807) is 6.33 Å². The van der Waals surface area contributed by atoms with E-state index in [0.717, 1.165) is 30.9 Å². The maximum Gasteiger partial charge on any atom is 0.222 e. The number of hydrogen-bond donors (Lipinski definition) is 0. The average Bonchev–Trinajstić information content (AvgIpc) is 2.59. The number of nitrogens with zero attached hydrogens (tertiary/aromatic N) is 5. The van der Waals surface area contributed by atoms with Gasteiger partial charge in [0.2, 0.25) is 5.91 Å². The number of hydrogen-bond acceptors (Lipinski definition) is 5. The molecule has 1 amide bonds. The van der Waals surface area contributed by atoms with E-state index in [1.807, 2.05) is 23.9 Å². The van der Waals surface area contributed by atoms with Crippen molar-refractivity contribution in [3.63, 3.8) is 0 Å². The molecule has 0 radical (unpaired) electrons. The lowest BCUT2D eigenvalue weighted by molar-refractivity contribution is -0.132. The molecule has 2 aliphatic heterocycles. The van der Waals surface area contributed by atoms with Crippen molar-refractivity contribution >= 4 is 11.7 Å². The number of amides is 1. The van der Waals surface area contributed by atoms with Gasteiger partial charge in [-0.1, -0.05) is 6.42 Å². The Morgan fingerprint density at radius 3 is 2.88 bits per heavy atom. The van der Waals surface area contributed by atoms with Gasteiger partial charge in [-0.05, 0) is 39.3 Å². The molecule has 2 aliphatic rings. The zero-order valence-electron chi connectivity index (χ0n) is 15.2. The molecule has 3 heterocycles. The van der Waals surface area contributed by atoms with E-state index >= 15 is 0 Å². The summed E-state index contributed by atoms with van der Waals surface area (Å²) in [6, 6.07) is 0.572. The molecule has 6 nitrogen and oxygen atoms in total. The number of likely N-dealkylation sites (tertiary alicyclic amines) is 1. The number of fused-ring (bicyclic) bond motifs is 1. The van der Waals surface area contributed by atoms with Gasteiger partial charge in [-0.15, -0.1) is 0 Å². The molecule has 0 bridgehead atoms. The van der Waals surface area contributed by atoms with Gasteiger partial charge in [-0.25, -0.2) is 9.97 Å². The number of piperidine rings is 1. The molecule has 1 unspecified atom stereocenters. The second kappa shape index (κ2) is 7.47. The molecule has 1 atom stereocenters. The summed E-state index contributed by atoms with van der Waals surface area (Å²) in [5.41, 5.74) is 2.20. The van der Waals surface area contributed by atoms with Crippen LogP contribution in [0, 0.1) is 0 Å². The topological polar surface area (TPSA) is 52.6 Å².